The van der Waals surface area contributed by atoms with Crippen LogP contribution in [0.2, 0.25) is 5.02 Å². The molecule has 4 heteroatoms. The summed E-state index contributed by atoms with van der Waals surface area (Å²) in [6, 6.07) is 4.36. The minimum absolute atomic E-state index is 0.362. The molecule has 0 atom stereocenters. The number of hydrogen-bond donors (Lipinski definition) is 1. The van der Waals surface area contributed by atoms with Crippen molar-refractivity contribution in [1.82, 2.24) is 0 Å². The van der Waals surface area contributed by atoms with E-state index in [0.717, 1.165) is 0 Å². The van der Waals surface area contributed by atoms with Crippen LogP contribution in [0.15, 0.2) is 23.3 Å². The number of hydrogen-bond acceptors (Lipinski definition) is 2. The molecule has 0 saturated carbocycles. The summed E-state index contributed by atoms with van der Waals surface area (Å²) in [4.78, 5) is 0. The summed E-state index contributed by atoms with van der Waals surface area (Å²) in [5.41, 5.74) is 0.825. The molecule has 0 aliphatic rings. The molecule has 2 nitrogen and oxygen atoms in total. The molecule has 0 heterocycles. The molecule has 0 radical (unpaired) electrons. The van der Waals surface area contributed by atoms with E-state index in [4.69, 9.17) is 17.4 Å². The van der Waals surface area contributed by atoms with E-state index >= 15 is 0 Å². The van der Waals surface area contributed by atoms with Gasteiger partial charge in [-0.25, -0.2) is 4.39 Å². The summed E-state index contributed by atoms with van der Waals surface area (Å²) in [6.45, 7) is 1.63. The Kier molecular flexibility index (Phi) is 2.65. The van der Waals surface area contributed by atoms with Crippen LogP contribution >= 0.6 is 11.6 Å². The average molecular weight is 187 g/mol. The normalized spacial score (nSPS) is 11.8. The van der Waals surface area contributed by atoms with E-state index in [2.05, 4.69) is 5.10 Å². The maximum absolute atomic E-state index is 13.1. The van der Waals surface area contributed by atoms with Crippen molar-refractivity contribution in [2.24, 2.45) is 10.9 Å². The van der Waals surface area contributed by atoms with Gasteiger partial charge in [0.15, 0.2) is 0 Å². The summed E-state index contributed by atoms with van der Waals surface area (Å²) >= 11 is 5.55. The fourth-order valence-corrected chi connectivity index (χ4v) is 1.01. The van der Waals surface area contributed by atoms with Crippen molar-refractivity contribution in [3.8, 4) is 0 Å². The predicted molar refractivity (Wildman–Crippen MR) is 47.8 cm³/mol. The highest BCUT2D eigenvalue weighted by Crippen LogP contribution is 2.14. The molecule has 0 fully saturated rings. The zero-order chi connectivity index (χ0) is 9.14. The Morgan fingerprint density at radius 2 is 2.25 bits per heavy atom. The van der Waals surface area contributed by atoms with Gasteiger partial charge in [0.2, 0.25) is 0 Å². The van der Waals surface area contributed by atoms with Gasteiger partial charge in [0.25, 0.3) is 0 Å². The molecule has 0 aliphatic heterocycles. The van der Waals surface area contributed by atoms with E-state index in [9.17, 15) is 4.39 Å². The van der Waals surface area contributed by atoms with Gasteiger partial charge in [-0.05, 0) is 25.1 Å². The van der Waals surface area contributed by atoms with Crippen LogP contribution in [0.1, 0.15) is 12.5 Å². The van der Waals surface area contributed by atoms with E-state index in [0.29, 0.717) is 16.3 Å². The third-order valence-electron chi connectivity index (χ3n) is 1.51. The minimum Gasteiger partial charge on any atom is -0.323 e. The van der Waals surface area contributed by atoms with Gasteiger partial charge in [0.1, 0.15) is 5.82 Å². The van der Waals surface area contributed by atoms with Crippen LogP contribution in [0.4, 0.5) is 4.39 Å². The average Bonchev–Trinajstić information content (AvgIpc) is 2.03. The van der Waals surface area contributed by atoms with Gasteiger partial charge in [-0.2, -0.15) is 5.10 Å². The van der Waals surface area contributed by atoms with E-state index in [1.807, 2.05) is 0 Å². The molecule has 1 aromatic carbocycles. The lowest BCUT2D eigenvalue weighted by Gasteiger charge is -2.00. The molecule has 12 heavy (non-hydrogen) atoms. The first-order chi connectivity index (χ1) is 5.65. The number of nitrogens with zero attached hydrogens (tertiary/aromatic N) is 1. The van der Waals surface area contributed by atoms with Crippen molar-refractivity contribution >= 4 is 17.3 Å². The molecule has 64 valence electrons. The molecule has 0 unspecified atom stereocenters. The van der Waals surface area contributed by atoms with Crippen molar-refractivity contribution in [2.75, 3.05) is 0 Å². The van der Waals surface area contributed by atoms with Crippen molar-refractivity contribution in [2.45, 2.75) is 6.92 Å². The fraction of sp³-hybridized carbons (Fsp3) is 0.125. The Bertz CT molecular complexity index is 323. The maximum Gasteiger partial charge on any atom is 0.133 e. The van der Waals surface area contributed by atoms with Crippen LogP contribution < -0.4 is 5.84 Å². The Hall–Kier alpha value is -1.09. The fourth-order valence-electron chi connectivity index (χ4n) is 0.852. The van der Waals surface area contributed by atoms with Crippen molar-refractivity contribution in [3.05, 3.63) is 34.6 Å². The van der Waals surface area contributed by atoms with Gasteiger partial charge in [-0.1, -0.05) is 11.6 Å². The summed E-state index contributed by atoms with van der Waals surface area (Å²) < 4.78 is 13.1. The molecule has 0 spiro atoms. The van der Waals surface area contributed by atoms with Crippen molar-refractivity contribution < 1.29 is 4.39 Å². The molecule has 0 saturated heterocycles. The van der Waals surface area contributed by atoms with Gasteiger partial charge in [-0.3, -0.25) is 0 Å². The molecule has 2 N–H and O–H groups in total. The lowest BCUT2D eigenvalue weighted by molar-refractivity contribution is 0.625. The third-order valence-corrected chi connectivity index (χ3v) is 1.75. The Morgan fingerprint density at radius 1 is 1.58 bits per heavy atom. The Balaban J connectivity index is 3.18. The number of benzene rings is 1. The number of rotatable bonds is 1. The highest BCUT2D eigenvalue weighted by atomic mass is 35.5. The zero-order valence-corrected chi connectivity index (χ0v) is 7.27. The Morgan fingerprint density at radius 3 is 2.75 bits per heavy atom. The highest BCUT2D eigenvalue weighted by Gasteiger charge is 2.04. The van der Waals surface area contributed by atoms with Gasteiger partial charge in [0.05, 0.1) is 5.71 Å². The van der Waals surface area contributed by atoms with Crippen LogP contribution in [0.25, 0.3) is 0 Å². The third kappa shape index (κ3) is 1.74. The van der Waals surface area contributed by atoms with E-state index in [-0.39, 0.29) is 0 Å². The first kappa shape index (κ1) is 9.00. The van der Waals surface area contributed by atoms with Crippen LogP contribution in [-0.4, -0.2) is 5.71 Å². The van der Waals surface area contributed by atoms with Crippen LogP contribution in [0, 0.1) is 5.82 Å². The second-order valence-corrected chi connectivity index (χ2v) is 2.78. The second-order valence-electron chi connectivity index (χ2n) is 2.34. The molecule has 0 amide bonds. The molecule has 1 rings (SSSR count). The largest absolute Gasteiger partial charge is 0.323 e. The van der Waals surface area contributed by atoms with E-state index in [1.54, 1.807) is 19.1 Å². The van der Waals surface area contributed by atoms with E-state index in [1.165, 1.54) is 6.07 Å². The van der Waals surface area contributed by atoms with Crippen molar-refractivity contribution in [3.63, 3.8) is 0 Å². The first-order valence-corrected chi connectivity index (χ1v) is 3.73. The van der Waals surface area contributed by atoms with Gasteiger partial charge < -0.3 is 5.84 Å². The zero-order valence-electron chi connectivity index (χ0n) is 6.51. The van der Waals surface area contributed by atoms with Gasteiger partial charge in [0, 0.05) is 10.6 Å². The molecule has 1 aromatic rings. The molecular formula is C8H8ClFN2. The van der Waals surface area contributed by atoms with Crippen LogP contribution in [0.3, 0.4) is 0 Å². The number of halogens is 2. The monoisotopic (exact) mass is 186 g/mol. The lowest BCUT2D eigenvalue weighted by atomic mass is 10.1. The standard InChI is InChI=1S/C8H8ClFN2/c1-5(12-11)7-3-2-6(9)4-8(7)10/h2-4H,11H2,1H3/b12-5+. The van der Waals surface area contributed by atoms with Crippen molar-refractivity contribution in [1.29, 1.82) is 0 Å². The van der Waals surface area contributed by atoms with Gasteiger partial charge in [-0.15, -0.1) is 0 Å². The summed E-state index contributed by atoms with van der Waals surface area (Å²) in [6.07, 6.45) is 0. The van der Waals surface area contributed by atoms with Crippen LogP contribution in [-0.2, 0) is 0 Å². The lowest BCUT2D eigenvalue weighted by Crippen LogP contribution is -2.01. The van der Waals surface area contributed by atoms with Gasteiger partial charge >= 0.3 is 0 Å². The smallest absolute Gasteiger partial charge is 0.133 e. The summed E-state index contributed by atoms with van der Waals surface area (Å²) in [5, 5.41) is 3.74. The predicted octanol–water partition coefficient (Wildman–Crippen LogP) is 2.16. The minimum atomic E-state index is -0.408. The SMILES string of the molecule is C/C(=N\N)c1ccc(Cl)cc1F. The number of hydrazone groups is 1. The molecule has 0 aliphatic carbocycles. The second kappa shape index (κ2) is 3.54. The summed E-state index contributed by atoms with van der Waals surface area (Å²) in [7, 11) is 0. The highest BCUT2D eigenvalue weighted by molar-refractivity contribution is 6.30. The molecule has 0 bridgehead atoms. The molecule has 0 aromatic heterocycles. The summed E-state index contributed by atoms with van der Waals surface area (Å²) in [5.74, 6) is 4.59. The quantitative estimate of drug-likeness (QED) is 0.408. The first-order valence-electron chi connectivity index (χ1n) is 3.35. The Labute approximate surface area is 74.8 Å². The number of nitrogens with two attached hydrogens (primary N) is 1. The topological polar surface area (TPSA) is 38.4 Å². The van der Waals surface area contributed by atoms with E-state index < -0.39 is 5.82 Å². The maximum atomic E-state index is 13.1. The molecular weight excluding hydrogens is 179 g/mol. The van der Waals surface area contributed by atoms with Crippen LogP contribution in [0.5, 0.6) is 0 Å².